The normalized spacial score (nSPS) is 11.0. The number of rotatable bonds is 3. The van der Waals surface area contributed by atoms with Crippen molar-refractivity contribution in [2.45, 2.75) is 6.92 Å². The molecule has 5 heteroatoms. The van der Waals surface area contributed by atoms with E-state index in [-0.39, 0.29) is 11.9 Å². The standard InChI is InChI=1S/C16H17N3O2/c1-11-5-3-7-13(9-11)18-16(17)19-15(20)12-6-4-8-14(10-12)21-2/h3-10H,1-2H3,(H3,17,18,19,20). The maximum Gasteiger partial charge on any atom is 0.258 e. The van der Waals surface area contributed by atoms with Crippen molar-refractivity contribution < 1.29 is 9.53 Å². The van der Waals surface area contributed by atoms with E-state index in [0.717, 1.165) is 5.56 Å². The molecule has 5 nitrogen and oxygen atoms in total. The zero-order valence-electron chi connectivity index (χ0n) is 12.0. The lowest BCUT2D eigenvalue weighted by Gasteiger charge is -2.06. The van der Waals surface area contributed by atoms with Crippen LogP contribution >= 0.6 is 0 Å². The molecular weight excluding hydrogens is 266 g/mol. The fourth-order valence-electron chi connectivity index (χ4n) is 1.82. The van der Waals surface area contributed by atoms with Gasteiger partial charge in [0.1, 0.15) is 5.75 Å². The minimum Gasteiger partial charge on any atom is -0.497 e. The number of nitrogens with two attached hydrogens (primary N) is 1. The number of amides is 1. The van der Waals surface area contributed by atoms with Gasteiger partial charge in [-0.2, -0.15) is 0 Å². The number of nitrogens with one attached hydrogen (secondary N) is 1. The largest absolute Gasteiger partial charge is 0.497 e. The summed E-state index contributed by atoms with van der Waals surface area (Å²) < 4.78 is 5.08. The Hall–Kier alpha value is -2.82. The smallest absolute Gasteiger partial charge is 0.258 e. The SMILES string of the molecule is COc1cccc(C(=O)NC(N)=Nc2cccc(C)c2)c1. The van der Waals surface area contributed by atoms with Crippen LogP contribution in [-0.2, 0) is 0 Å². The Balaban J connectivity index is 2.11. The zero-order chi connectivity index (χ0) is 15.2. The average Bonchev–Trinajstić information content (AvgIpc) is 2.47. The molecule has 0 fully saturated rings. The van der Waals surface area contributed by atoms with Crippen molar-refractivity contribution in [1.82, 2.24) is 5.32 Å². The summed E-state index contributed by atoms with van der Waals surface area (Å²) in [6.45, 7) is 1.96. The Labute approximate surface area is 123 Å². The van der Waals surface area contributed by atoms with Gasteiger partial charge in [-0.3, -0.25) is 10.1 Å². The summed E-state index contributed by atoms with van der Waals surface area (Å²) in [7, 11) is 1.55. The van der Waals surface area contributed by atoms with Crippen LogP contribution < -0.4 is 15.8 Å². The van der Waals surface area contributed by atoms with Gasteiger partial charge in [-0.1, -0.05) is 18.2 Å². The van der Waals surface area contributed by atoms with E-state index in [9.17, 15) is 4.79 Å². The number of ether oxygens (including phenoxy) is 1. The second-order valence-electron chi connectivity index (χ2n) is 4.52. The molecule has 3 N–H and O–H groups in total. The van der Waals surface area contributed by atoms with E-state index >= 15 is 0 Å². The highest BCUT2D eigenvalue weighted by Gasteiger charge is 2.07. The van der Waals surface area contributed by atoms with Crippen LogP contribution in [0.1, 0.15) is 15.9 Å². The zero-order valence-corrected chi connectivity index (χ0v) is 12.0. The van der Waals surface area contributed by atoms with E-state index in [4.69, 9.17) is 10.5 Å². The number of benzene rings is 2. The molecule has 0 saturated heterocycles. The molecule has 0 aliphatic rings. The molecule has 1 amide bonds. The predicted octanol–water partition coefficient (Wildman–Crippen LogP) is 2.38. The maximum absolute atomic E-state index is 12.1. The third-order valence-corrected chi connectivity index (χ3v) is 2.82. The summed E-state index contributed by atoms with van der Waals surface area (Å²) in [5.74, 6) is 0.327. The predicted molar refractivity (Wildman–Crippen MR) is 82.9 cm³/mol. The average molecular weight is 283 g/mol. The van der Waals surface area contributed by atoms with E-state index in [1.54, 1.807) is 31.4 Å². The number of hydrogen-bond acceptors (Lipinski definition) is 3. The van der Waals surface area contributed by atoms with Crippen molar-refractivity contribution >= 4 is 17.6 Å². The van der Waals surface area contributed by atoms with Crippen LogP contribution in [0.15, 0.2) is 53.5 Å². The maximum atomic E-state index is 12.1. The van der Waals surface area contributed by atoms with Gasteiger partial charge in [0.25, 0.3) is 5.91 Å². The Kier molecular flexibility index (Phi) is 4.56. The summed E-state index contributed by atoms with van der Waals surface area (Å²) in [5.41, 5.74) is 7.97. The molecule has 0 aromatic heterocycles. The van der Waals surface area contributed by atoms with Gasteiger partial charge in [0.2, 0.25) is 5.96 Å². The molecule has 2 aromatic rings. The van der Waals surface area contributed by atoms with E-state index in [1.165, 1.54) is 0 Å². The molecule has 2 rings (SSSR count). The van der Waals surface area contributed by atoms with E-state index in [0.29, 0.717) is 17.0 Å². The lowest BCUT2D eigenvalue weighted by atomic mass is 10.2. The van der Waals surface area contributed by atoms with Crippen LogP contribution in [0.4, 0.5) is 5.69 Å². The van der Waals surface area contributed by atoms with Crippen LogP contribution in [0.2, 0.25) is 0 Å². The Morgan fingerprint density at radius 1 is 1.19 bits per heavy atom. The number of guanidine groups is 1. The van der Waals surface area contributed by atoms with Crippen LogP contribution in [0.3, 0.4) is 0 Å². The summed E-state index contributed by atoms with van der Waals surface area (Å²) >= 11 is 0. The van der Waals surface area contributed by atoms with Crippen molar-refractivity contribution in [3.63, 3.8) is 0 Å². The van der Waals surface area contributed by atoms with Crippen molar-refractivity contribution in [2.75, 3.05) is 7.11 Å². The van der Waals surface area contributed by atoms with Gasteiger partial charge < -0.3 is 10.5 Å². The van der Waals surface area contributed by atoms with Gasteiger partial charge in [0, 0.05) is 5.56 Å². The summed E-state index contributed by atoms with van der Waals surface area (Å²) in [4.78, 5) is 16.2. The lowest BCUT2D eigenvalue weighted by Crippen LogP contribution is -2.36. The van der Waals surface area contributed by atoms with E-state index < -0.39 is 0 Å². The fourth-order valence-corrected chi connectivity index (χ4v) is 1.82. The van der Waals surface area contributed by atoms with E-state index in [1.807, 2.05) is 31.2 Å². The second kappa shape index (κ2) is 6.56. The molecule has 108 valence electrons. The molecule has 0 heterocycles. The number of hydrogen-bond donors (Lipinski definition) is 2. The van der Waals surface area contributed by atoms with Gasteiger partial charge >= 0.3 is 0 Å². The molecule has 0 saturated carbocycles. The van der Waals surface area contributed by atoms with Gasteiger partial charge in [-0.05, 0) is 42.8 Å². The van der Waals surface area contributed by atoms with Gasteiger partial charge in [0.15, 0.2) is 0 Å². The summed E-state index contributed by atoms with van der Waals surface area (Å²) in [6.07, 6.45) is 0. The monoisotopic (exact) mass is 283 g/mol. The molecule has 21 heavy (non-hydrogen) atoms. The van der Waals surface area contributed by atoms with Crippen LogP contribution in [0.25, 0.3) is 0 Å². The second-order valence-corrected chi connectivity index (χ2v) is 4.52. The first-order valence-electron chi connectivity index (χ1n) is 6.45. The van der Waals surface area contributed by atoms with Crippen LogP contribution in [0.5, 0.6) is 5.75 Å². The van der Waals surface area contributed by atoms with Crippen molar-refractivity contribution in [3.05, 3.63) is 59.7 Å². The van der Waals surface area contributed by atoms with E-state index in [2.05, 4.69) is 10.3 Å². The Bertz CT molecular complexity index is 681. The quantitative estimate of drug-likeness (QED) is 0.670. The summed E-state index contributed by atoms with van der Waals surface area (Å²) in [5, 5.41) is 2.55. The molecule has 0 aliphatic heterocycles. The molecule has 0 bridgehead atoms. The molecule has 0 unspecified atom stereocenters. The number of carbonyl (C=O) groups excluding carboxylic acids is 1. The topological polar surface area (TPSA) is 76.7 Å². The Morgan fingerprint density at radius 3 is 2.67 bits per heavy atom. The van der Waals surface area contributed by atoms with Gasteiger partial charge in [-0.25, -0.2) is 4.99 Å². The first kappa shape index (κ1) is 14.6. The fraction of sp³-hybridized carbons (Fsp3) is 0.125. The lowest BCUT2D eigenvalue weighted by molar-refractivity contribution is 0.0976. The molecular formula is C16H17N3O2. The number of aliphatic imine (C=N–C) groups is 1. The minimum atomic E-state index is -0.331. The molecule has 0 radical (unpaired) electrons. The van der Waals surface area contributed by atoms with Crippen LogP contribution in [-0.4, -0.2) is 19.0 Å². The highest BCUT2D eigenvalue weighted by atomic mass is 16.5. The minimum absolute atomic E-state index is 0.0495. The number of carbonyl (C=O) groups is 1. The molecule has 0 spiro atoms. The molecule has 2 aromatic carbocycles. The first-order valence-corrected chi connectivity index (χ1v) is 6.45. The van der Waals surface area contributed by atoms with Gasteiger partial charge in [-0.15, -0.1) is 0 Å². The van der Waals surface area contributed by atoms with Gasteiger partial charge in [0.05, 0.1) is 12.8 Å². The van der Waals surface area contributed by atoms with Crippen molar-refractivity contribution in [2.24, 2.45) is 10.7 Å². The first-order chi connectivity index (χ1) is 10.1. The number of aryl methyl sites for hydroxylation is 1. The third-order valence-electron chi connectivity index (χ3n) is 2.82. The van der Waals surface area contributed by atoms with Crippen molar-refractivity contribution in [3.8, 4) is 5.75 Å². The molecule has 0 atom stereocenters. The Morgan fingerprint density at radius 2 is 1.95 bits per heavy atom. The summed E-state index contributed by atoms with van der Waals surface area (Å²) in [6, 6.07) is 14.4. The number of nitrogens with zero attached hydrogens (tertiary/aromatic N) is 1. The third kappa shape index (κ3) is 4.07. The van der Waals surface area contributed by atoms with Crippen LogP contribution in [0, 0.1) is 6.92 Å². The highest BCUT2D eigenvalue weighted by Crippen LogP contribution is 2.14. The highest BCUT2D eigenvalue weighted by molar-refractivity contribution is 6.05. The molecule has 0 aliphatic carbocycles. The van der Waals surface area contributed by atoms with Crippen molar-refractivity contribution in [1.29, 1.82) is 0 Å². The number of methoxy groups -OCH3 is 1.